The molecule has 5 nitrogen and oxygen atoms in total. The molecule has 1 aromatic carbocycles. The van der Waals surface area contributed by atoms with Crippen molar-refractivity contribution < 1.29 is 9.59 Å². The number of benzene rings is 1. The van der Waals surface area contributed by atoms with Gasteiger partial charge in [0.05, 0.1) is 12.5 Å². The fourth-order valence-corrected chi connectivity index (χ4v) is 3.12. The van der Waals surface area contributed by atoms with Crippen LogP contribution in [0.25, 0.3) is 0 Å². The number of hydrogen-bond acceptors (Lipinski definition) is 3. The fourth-order valence-electron chi connectivity index (χ4n) is 3.12. The van der Waals surface area contributed by atoms with E-state index < -0.39 is 0 Å². The van der Waals surface area contributed by atoms with E-state index in [2.05, 4.69) is 16.3 Å². The van der Waals surface area contributed by atoms with Crippen LogP contribution in [0.15, 0.2) is 24.3 Å². The molecule has 2 amide bonds. The van der Waals surface area contributed by atoms with E-state index in [-0.39, 0.29) is 17.9 Å². The summed E-state index contributed by atoms with van der Waals surface area (Å²) in [4.78, 5) is 28.1. The molecular formula is C18H27N3O2. The van der Waals surface area contributed by atoms with Crippen LogP contribution in [0.4, 0.5) is 0 Å². The van der Waals surface area contributed by atoms with Gasteiger partial charge in [0, 0.05) is 20.0 Å². The van der Waals surface area contributed by atoms with Crippen molar-refractivity contribution in [3.63, 3.8) is 0 Å². The summed E-state index contributed by atoms with van der Waals surface area (Å²) in [5.74, 6) is 0.0432. The fraction of sp³-hybridized carbons (Fsp3) is 0.556. The zero-order chi connectivity index (χ0) is 16.8. The van der Waals surface area contributed by atoms with Gasteiger partial charge in [-0.25, -0.2) is 0 Å². The maximum Gasteiger partial charge on any atom is 0.222 e. The summed E-state index contributed by atoms with van der Waals surface area (Å²) in [7, 11) is 4.04. The van der Waals surface area contributed by atoms with E-state index in [0.717, 1.165) is 24.9 Å². The largest absolute Gasteiger partial charge is 0.356 e. The van der Waals surface area contributed by atoms with Gasteiger partial charge in [-0.15, -0.1) is 0 Å². The van der Waals surface area contributed by atoms with Crippen molar-refractivity contribution in [2.75, 3.05) is 33.7 Å². The van der Waals surface area contributed by atoms with Crippen molar-refractivity contribution in [2.24, 2.45) is 0 Å². The first-order valence-electron chi connectivity index (χ1n) is 8.25. The molecule has 0 unspecified atom stereocenters. The Morgan fingerprint density at radius 3 is 2.74 bits per heavy atom. The second-order valence-corrected chi connectivity index (χ2v) is 6.39. The second kappa shape index (κ2) is 8.11. The lowest BCUT2D eigenvalue weighted by Gasteiger charge is -2.36. The summed E-state index contributed by atoms with van der Waals surface area (Å²) >= 11 is 0. The molecule has 1 aromatic rings. The minimum atomic E-state index is -0.147. The molecule has 1 N–H and O–H groups in total. The number of nitrogens with zero attached hydrogens (tertiary/aromatic N) is 2. The highest BCUT2D eigenvalue weighted by Gasteiger charge is 2.30. The molecule has 0 bridgehead atoms. The van der Waals surface area contributed by atoms with E-state index in [1.807, 2.05) is 37.2 Å². The number of rotatable bonds is 6. The molecule has 2 rings (SSSR count). The summed E-state index contributed by atoms with van der Waals surface area (Å²) in [6, 6.07) is 7.97. The maximum absolute atomic E-state index is 12.3. The first-order chi connectivity index (χ1) is 11.0. The Bertz CT molecular complexity index is 557. The number of fused-ring (bicyclic) bond motifs is 1. The number of hydrogen-bond donors (Lipinski definition) is 1. The predicted octanol–water partition coefficient (Wildman–Crippen LogP) is 1.59. The molecule has 0 saturated carbocycles. The van der Waals surface area contributed by atoms with Crippen molar-refractivity contribution in [1.29, 1.82) is 0 Å². The van der Waals surface area contributed by atoms with Crippen LogP contribution >= 0.6 is 0 Å². The third kappa shape index (κ3) is 4.79. The Morgan fingerprint density at radius 1 is 1.30 bits per heavy atom. The Morgan fingerprint density at radius 2 is 2.04 bits per heavy atom. The molecule has 1 aliphatic rings. The van der Waals surface area contributed by atoms with Crippen LogP contribution in [-0.4, -0.2) is 55.3 Å². The molecule has 1 heterocycles. The van der Waals surface area contributed by atoms with Crippen molar-refractivity contribution in [3.8, 4) is 0 Å². The van der Waals surface area contributed by atoms with Gasteiger partial charge in [-0.1, -0.05) is 24.3 Å². The number of amides is 2. The first-order valence-corrected chi connectivity index (χ1v) is 8.25. The van der Waals surface area contributed by atoms with Crippen LogP contribution in [0.1, 0.15) is 36.9 Å². The van der Waals surface area contributed by atoms with Crippen molar-refractivity contribution >= 4 is 11.8 Å². The molecule has 0 aromatic heterocycles. The highest BCUT2D eigenvalue weighted by atomic mass is 16.2. The summed E-state index contributed by atoms with van der Waals surface area (Å²) in [5, 5.41) is 2.97. The van der Waals surface area contributed by atoms with Crippen LogP contribution < -0.4 is 5.32 Å². The summed E-state index contributed by atoms with van der Waals surface area (Å²) in [6.45, 7) is 3.89. The highest BCUT2D eigenvalue weighted by Crippen LogP contribution is 2.32. The SMILES string of the molecule is CC(=O)N1CCc2ccccc2[C@@H]1CC(=O)NCCCN(C)C. The standard InChI is InChI=1S/C18H27N3O2/c1-14(22)21-12-9-15-7-4-5-8-16(15)17(21)13-18(23)19-10-6-11-20(2)3/h4-5,7-8,17H,6,9-13H2,1-3H3,(H,19,23)/t17-/m0/s1. The van der Waals surface area contributed by atoms with Gasteiger partial charge in [-0.05, 0) is 44.6 Å². The zero-order valence-electron chi connectivity index (χ0n) is 14.3. The first kappa shape index (κ1) is 17.5. The maximum atomic E-state index is 12.3. The van der Waals surface area contributed by atoms with Gasteiger partial charge in [0.2, 0.25) is 11.8 Å². The van der Waals surface area contributed by atoms with Crippen LogP contribution in [-0.2, 0) is 16.0 Å². The summed E-state index contributed by atoms with van der Waals surface area (Å²) in [5.41, 5.74) is 2.35. The van der Waals surface area contributed by atoms with Crippen molar-refractivity contribution in [2.45, 2.75) is 32.2 Å². The lowest BCUT2D eigenvalue weighted by atomic mass is 9.90. The van der Waals surface area contributed by atoms with E-state index in [1.54, 1.807) is 6.92 Å². The lowest BCUT2D eigenvalue weighted by molar-refractivity contribution is -0.133. The zero-order valence-corrected chi connectivity index (χ0v) is 14.3. The predicted molar refractivity (Wildman–Crippen MR) is 91.1 cm³/mol. The molecule has 126 valence electrons. The smallest absolute Gasteiger partial charge is 0.222 e. The molecule has 1 atom stereocenters. The van der Waals surface area contributed by atoms with Crippen LogP contribution in [0.3, 0.4) is 0 Å². The third-order valence-electron chi connectivity index (χ3n) is 4.30. The van der Waals surface area contributed by atoms with E-state index >= 15 is 0 Å². The van der Waals surface area contributed by atoms with Gasteiger partial charge >= 0.3 is 0 Å². The topological polar surface area (TPSA) is 52.7 Å². The molecule has 0 spiro atoms. The molecule has 5 heteroatoms. The molecule has 0 fully saturated rings. The molecule has 0 aliphatic carbocycles. The minimum absolute atomic E-state index is 0.0108. The van der Waals surface area contributed by atoms with Gasteiger partial charge < -0.3 is 15.1 Å². The molecule has 0 saturated heterocycles. The number of nitrogens with one attached hydrogen (secondary N) is 1. The average Bonchev–Trinajstić information content (AvgIpc) is 2.51. The normalized spacial score (nSPS) is 17.0. The van der Waals surface area contributed by atoms with Crippen LogP contribution in [0, 0.1) is 0 Å². The lowest BCUT2D eigenvalue weighted by Crippen LogP contribution is -2.41. The van der Waals surface area contributed by atoms with Gasteiger partial charge in [-0.2, -0.15) is 0 Å². The number of carbonyl (C=O) groups is 2. The van der Waals surface area contributed by atoms with Gasteiger partial charge in [-0.3, -0.25) is 9.59 Å². The summed E-state index contributed by atoms with van der Waals surface area (Å²) < 4.78 is 0. The Labute approximate surface area is 138 Å². The van der Waals surface area contributed by atoms with E-state index in [1.165, 1.54) is 5.56 Å². The minimum Gasteiger partial charge on any atom is -0.356 e. The average molecular weight is 317 g/mol. The van der Waals surface area contributed by atoms with Crippen molar-refractivity contribution in [1.82, 2.24) is 15.1 Å². The second-order valence-electron chi connectivity index (χ2n) is 6.39. The Balaban J connectivity index is 2.00. The molecule has 23 heavy (non-hydrogen) atoms. The monoisotopic (exact) mass is 317 g/mol. The molecule has 0 radical (unpaired) electrons. The Hall–Kier alpha value is -1.88. The number of carbonyl (C=O) groups excluding carboxylic acids is 2. The molecular weight excluding hydrogens is 290 g/mol. The van der Waals surface area contributed by atoms with Gasteiger partial charge in [0.15, 0.2) is 0 Å². The van der Waals surface area contributed by atoms with Crippen molar-refractivity contribution in [3.05, 3.63) is 35.4 Å². The Kier molecular flexibility index (Phi) is 6.16. The highest BCUT2D eigenvalue weighted by molar-refractivity contribution is 5.79. The van der Waals surface area contributed by atoms with E-state index in [9.17, 15) is 9.59 Å². The third-order valence-corrected chi connectivity index (χ3v) is 4.30. The van der Waals surface area contributed by atoms with Crippen LogP contribution in [0.5, 0.6) is 0 Å². The van der Waals surface area contributed by atoms with Gasteiger partial charge in [0.25, 0.3) is 0 Å². The summed E-state index contributed by atoms with van der Waals surface area (Å²) in [6.07, 6.45) is 2.12. The van der Waals surface area contributed by atoms with E-state index in [4.69, 9.17) is 0 Å². The van der Waals surface area contributed by atoms with E-state index in [0.29, 0.717) is 19.5 Å². The van der Waals surface area contributed by atoms with Gasteiger partial charge in [0.1, 0.15) is 0 Å². The quantitative estimate of drug-likeness (QED) is 0.811. The molecule has 1 aliphatic heterocycles. The van der Waals surface area contributed by atoms with Crippen LogP contribution in [0.2, 0.25) is 0 Å².